The fourth-order valence-electron chi connectivity index (χ4n) is 1.52. The summed E-state index contributed by atoms with van der Waals surface area (Å²) in [6.07, 6.45) is 0.751. The maximum Gasteiger partial charge on any atom is 0.411 e. The van der Waals surface area contributed by atoms with Crippen LogP contribution in [0.4, 0.5) is 4.79 Å². The van der Waals surface area contributed by atoms with Gasteiger partial charge in [0.1, 0.15) is 5.60 Å². The first-order valence-corrected chi connectivity index (χ1v) is 6.98. The topological polar surface area (TPSA) is 66.8 Å². The Morgan fingerprint density at radius 3 is 2.19 bits per heavy atom. The first kappa shape index (κ1) is 19.4. The zero-order valence-electron chi connectivity index (χ0n) is 13.7. The highest BCUT2D eigenvalue weighted by Gasteiger charge is 2.29. The van der Waals surface area contributed by atoms with Crippen LogP contribution in [0.5, 0.6) is 0 Å². The Hall–Kier alpha value is -1.62. The van der Waals surface area contributed by atoms with Crippen LogP contribution >= 0.6 is 0 Å². The number of carbonyl (C=O) groups is 2. The van der Waals surface area contributed by atoms with E-state index in [4.69, 9.17) is 4.74 Å². The molecule has 5 nitrogen and oxygen atoms in total. The summed E-state index contributed by atoms with van der Waals surface area (Å²) < 4.78 is 5.27. The highest BCUT2D eigenvalue weighted by molar-refractivity contribution is 5.98. The average molecular weight is 297 g/mol. The van der Waals surface area contributed by atoms with Crippen LogP contribution in [-0.4, -0.2) is 46.7 Å². The van der Waals surface area contributed by atoms with E-state index >= 15 is 0 Å². The molecule has 0 aromatic rings. The zero-order chi connectivity index (χ0) is 16.8. The van der Waals surface area contributed by atoms with Gasteiger partial charge in [0.05, 0.1) is 19.2 Å². The summed E-state index contributed by atoms with van der Waals surface area (Å²) in [4.78, 5) is 25.5. The third-order valence-corrected chi connectivity index (χ3v) is 2.86. The van der Waals surface area contributed by atoms with Gasteiger partial charge in [0.2, 0.25) is 0 Å². The number of amides is 1. The fourth-order valence-corrected chi connectivity index (χ4v) is 1.52. The molecule has 0 fully saturated rings. The summed E-state index contributed by atoms with van der Waals surface area (Å²) in [5, 5.41) is 9.35. The quantitative estimate of drug-likeness (QED) is 0.579. The number of aliphatic hydroxyl groups excluding tert-OH is 1. The van der Waals surface area contributed by atoms with Gasteiger partial charge in [-0.25, -0.2) is 4.79 Å². The van der Waals surface area contributed by atoms with Gasteiger partial charge in [-0.1, -0.05) is 26.5 Å². The number of rotatable bonds is 7. The van der Waals surface area contributed by atoms with Crippen LogP contribution in [0.15, 0.2) is 24.8 Å². The number of aliphatic hydroxyl groups is 1. The van der Waals surface area contributed by atoms with Crippen molar-refractivity contribution in [2.75, 3.05) is 13.2 Å². The lowest BCUT2D eigenvalue weighted by Crippen LogP contribution is -2.47. The maximum absolute atomic E-state index is 12.2. The van der Waals surface area contributed by atoms with Gasteiger partial charge in [-0.2, -0.15) is 0 Å². The molecule has 1 N–H and O–H groups in total. The Labute approximate surface area is 127 Å². The lowest BCUT2D eigenvalue weighted by atomic mass is 10.0. The second-order valence-corrected chi connectivity index (χ2v) is 6.20. The molecule has 0 saturated carbocycles. The lowest BCUT2D eigenvalue weighted by molar-refractivity contribution is -0.117. The minimum absolute atomic E-state index is 0.00528. The molecule has 0 radical (unpaired) electrons. The maximum atomic E-state index is 12.2. The highest BCUT2D eigenvalue weighted by atomic mass is 16.6. The number of Topliss-reactive ketones (excluding diaryl/α,β-unsaturated/α-hetero) is 1. The number of nitrogens with zero attached hydrogens (tertiary/aromatic N) is 1. The Kier molecular flexibility index (Phi) is 7.36. The Bertz CT molecular complexity index is 407. The van der Waals surface area contributed by atoms with E-state index in [-0.39, 0.29) is 24.9 Å². The van der Waals surface area contributed by atoms with Crippen LogP contribution in [0.25, 0.3) is 0 Å². The molecule has 0 aliphatic rings. The minimum Gasteiger partial charge on any atom is -0.444 e. The van der Waals surface area contributed by atoms with E-state index in [1.54, 1.807) is 20.8 Å². The van der Waals surface area contributed by atoms with Crippen LogP contribution in [0.1, 0.15) is 34.6 Å². The van der Waals surface area contributed by atoms with Crippen molar-refractivity contribution in [1.82, 2.24) is 4.90 Å². The van der Waals surface area contributed by atoms with Crippen molar-refractivity contribution in [2.45, 2.75) is 46.3 Å². The van der Waals surface area contributed by atoms with Crippen molar-refractivity contribution in [2.24, 2.45) is 5.92 Å². The van der Waals surface area contributed by atoms with Gasteiger partial charge in [-0.3, -0.25) is 9.69 Å². The summed E-state index contributed by atoms with van der Waals surface area (Å²) >= 11 is 0. The molecule has 5 heteroatoms. The van der Waals surface area contributed by atoms with Gasteiger partial charge in [0, 0.05) is 0 Å². The van der Waals surface area contributed by atoms with E-state index in [1.165, 1.54) is 11.0 Å². The van der Waals surface area contributed by atoms with Crippen molar-refractivity contribution >= 4 is 11.9 Å². The number of hydrogen-bond donors (Lipinski definition) is 1. The first-order valence-electron chi connectivity index (χ1n) is 6.98. The summed E-state index contributed by atoms with van der Waals surface area (Å²) in [7, 11) is 0. The molecule has 0 rings (SSSR count). The van der Waals surface area contributed by atoms with E-state index in [1.807, 2.05) is 13.8 Å². The Balaban J connectivity index is 5.16. The van der Waals surface area contributed by atoms with E-state index in [2.05, 4.69) is 13.2 Å². The summed E-state index contributed by atoms with van der Waals surface area (Å²) in [5.41, 5.74) is -0.251. The summed E-state index contributed by atoms with van der Waals surface area (Å²) in [6.45, 7) is 15.7. The molecule has 0 aromatic carbocycles. The van der Waals surface area contributed by atoms with Crippen LogP contribution in [0.2, 0.25) is 0 Å². The van der Waals surface area contributed by atoms with Crippen LogP contribution in [0, 0.1) is 5.92 Å². The lowest BCUT2D eigenvalue weighted by Gasteiger charge is -2.31. The van der Waals surface area contributed by atoms with Gasteiger partial charge in [0.25, 0.3) is 0 Å². The monoisotopic (exact) mass is 297 g/mol. The second-order valence-electron chi connectivity index (χ2n) is 6.20. The van der Waals surface area contributed by atoms with Crippen LogP contribution in [-0.2, 0) is 9.53 Å². The Morgan fingerprint density at radius 2 is 1.86 bits per heavy atom. The van der Waals surface area contributed by atoms with Crippen molar-refractivity contribution in [3.63, 3.8) is 0 Å². The normalized spacial score (nSPS) is 12.7. The number of ketones is 1. The number of ether oxygens (including phenoxy) is 1. The molecule has 0 unspecified atom stereocenters. The van der Waals surface area contributed by atoms with Crippen molar-refractivity contribution in [1.29, 1.82) is 0 Å². The third-order valence-electron chi connectivity index (χ3n) is 2.86. The third kappa shape index (κ3) is 6.58. The summed E-state index contributed by atoms with van der Waals surface area (Å²) in [6, 6.07) is -0.677. The first-order chi connectivity index (χ1) is 9.53. The van der Waals surface area contributed by atoms with Crippen molar-refractivity contribution in [3.8, 4) is 0 Å². The predicted molar refractivity (Wildman–Crippen MR) is 83.0 cm³/mol. The van der Waals surface area contributed by atoms with E-state index < -0.39 is 17.7 Å². The molecule has 0 spiro atoms. The molecule has 0 aliphatic carbocycles. The largest absolute Gasteiger partial charge is 0.444 e. The molecule has 120 valence electrons. The van der Waals surface area contributed by atoms with Crippen LogP contribution < -0.4 is 0 Å². The standard InChI is InChI=1S/C16H27NO4/c1-8-13(10-18)17(15(20)21-16(5,6)7)9-14(19)12(4)11(2)3/h8,11,13,18H,1,4,9-10H2,2-3,5-7H3/t13-/m0/s1. The molecule has 0 bridgehead atoms. The molecule has 0 saturated heterocycles. The highest BCUT2D eigenvalue weighted by Crippen LogP contribution is 2.15. The number of hydrogen-bond acceptors (Lipinski definition) is 4. The number of carbonyl (C=O) groups excluding carboxylic acids is 2. The summed E-state index contributed by atoms with van der Waals surface area (Å²) in [5.74, 6) is -0.259. The zero-order valence-corrected chi connectivity index (χ0v) is 13.7. The van der Waals surface area contributed by atoms with Crippen molar-refractivity contribution in [3.05, 3.63) is 24.8 Å². The molecular formula is C16H27NO4. The average Bonchev–Trinajstić information content (AvgIpc) is 2.35. The molecule has 0 aromatic heterocycles. The van der Waals surface area contributed by atoms with Crippen molar-refractivity contribution < 1.29 is 19.4 Å². The second kappa shape index (κ2) is 7.98. The molecule has 0 aliphatic heterocycles. The molecule has 21 heavy (non-hydrogen) atoms. The predicted octanol–water partition coefficient (Wildman–Crippen LogP) is 2.55. The van der Waals surface area contributed by atoms with Gasteiger partial charge >= 0.3 is 6.09 Å². The van der Waals surface area contributed by atoms with Gasteiger partial charge in [-0.05, 0) is 32.3 Å². The van der Waals surface area contributed by atoms with Crippen LogP contribution in [0.3, 0.4) is 0 Å². The van der Waals surface area contributed by atoms with E-state index in [0.29, 0.717) is 5.57 Å². The fraction of sp³-hybridized carbons (Fsp3) is 0.625. The van der Waals surface area contributed by atoms with E-state index in [0.717, 1.165) is 0 Å². The molecule has 0 heterocycles. The molecular weight excluding hydrogens is 270 g/mol. The van der Waals surface area contributed by atoms with Gasteiger partial charge < -0.3 is 9.84 Å². The van der Waals surface area contributed by atoms with Gasteiger partial charge in [0.15, 0.2) is 5.78 Å². The SMILES string of the molecule is C=C[C@@H](CO)N(CC(=O)C(=C)C(C)C)C(=O)OC(C)(C)C. The van der Waals surface area contributed by atoms with Gasteiger partial charge in [-0.15, -0.1) is 6.58 Å². The Morgan fingerprint density at radius 1 is 1.33 bits per heavy atom. The molecule has 1 amide bonds. The smallest absolute Gasteiger partial charge is 0.411 e. The minimum atomic E-state index is -0.686. The van der Waals surface area contributed by atoms with E-state index in [9.17, 15) is 14.7 Å². The molecule has 1 atom stereocenters.